The predicted octanol–water partition coefficient (Wildman–Crippen LogP) is 4.49. The predicted molar refractivity (Wildman–Crippen MR) is 107 cm³/mol. The van der Waals surface area contributed by atoms with Gasteiger partial charge in [0.2, 0.25) is 5.82 Å². The second kappa shape index (κ2) is 7.99. The molecular formula is C19H27N3O3S2. The molecule has 0 N–H and O–H groups in total. The van der Waals surface area contributed by atoms with Gasteiger partial charge in [-0.25, -0.2) is 8.42 Å². The van der Waals surface area contributed by atoms with Crippen LogP contribution in [0.15, 0.2) is 28.0 Å². The van der Waals surface area contributed by atoms with Crippen LogP contribution < -0.4 is 0 Å². The van der Waals surface area contributed by atoms with Crippen molar-refractivity contribution in [3.05, 3.63) is 18.4 Å². The van der Waals surface area contributed by atoms with E-state index in [0.29, 0.717) is 12.5 Å². The maximum absolute atomic E-state index is 12.0. The third-order valence-electron chi connectivity index (χ3n) is 5.80. The Hall–Kier alpha value is -1.28. The van der Waals surface area contributed by atoms with Crippen molar-refractivity contribution >= 4 is 21.6 Å². The number of hydrogen-bond donors (Lipinski definition) is 0. The quantitative estimate of drug-likeness (QED) is 0.724. The molecule has 0 bridgehead atoms. The highest BCUT2D eigenvalue weighted by Crippen LogP contribution is 2.40. The van der Waals surface area contributed by atoms with Gasteiger partial charge in [0.15, 0.2) is 10.9 Å². The van der Waals surface area contributed by atoms with E-state index in [0.717, 1.165) is 48.8 Å². The van der Waals surface area contributed by atoms with Gasteiger partial charge in [-0.3, -0.25) is 4.57 Å². The number of aromatic nitrogens is 3. The molecule has 4 rings (SSSR count). The van der Waals surface area contributed by atoms with Crippen molar-refractivity contribution < 1.29 is 12.8 Å². The fourth-order valence-corrected chi connectivity index (χ4v) is 6.99. The van der Waals surface area contributed by atoms with Gasteiger partial charge in [-0.05, 0) is 44.2 Å². The molecule has 2 aliphatic carbocycles. The van der Waals surface area contributed by atoms with Crippen molar-refractivity contribution in [1.82, 2.24) is 14.8 Å². The van der Waals surface area contributed by atoms with Crippen LogP contribution in [-0.2, 0) is 9.84 Å². The number of hydrogen-bond acceptors (Lipinski definition) is 6. The Morgan fingerprint density at radius 1 is 1.11 bits per heavy atom. The maximum atomic E-state index is 12.0. The topological polar surface area (TPSA) is 78.0 Å². The molecule has 27 heavy (non-hydrogen) atoms. The number of rotatable bonds is 5. The van der Waals surface area contributed by atoms with E-state index >= 15 is 0 Å². The Morgan fingerprint density at radius 2 is 1.93 bits per heavy atom. The van der Waals surface area contributed by atoms with E-state index in [2.05, 4.69) is 14.8 Å². The molecule has 2 saturated carbocycles. The Balaban J connectivity index is 1.60. The lowest BCUT2D eigenvalue weighted by Gasteiger charge is -2.29. The first kappa shape index (κ1) is 19.1. The number of nitrogens with zero attached hydrogens (tertiary/aromatic N) is 3. The van der Waals surface area contributed by atoms with Gasteiger partial charge in [0.25, 0.3) is 0 Å². The average Bonchev–Trinajstić information content (AvgIpc) is 3.31. The normalized spacial score (nSPS) is 24.9. The SMILES string of the molecule is CS(=O)(=O)C1CCCC(Sc2nnc(-c3ccco3)n2C2CCCCC2)C1. The van der Waals surface area contributed by atoms with Gasteiger partial charge in [0.1, 0.15) is 9.84 Å². The lowest BCUT2D eigenvalue weighted by Crippen LogP contribution is -2.29. The summed E-state index contributed by atoms with van der Waals surface area (Å²) in [4.78, 5) is 0. The second-order valence-corrected chi connectivity index (χ2v) is 11.4. The van der Waals surface area contributed by atoms with Crippen molar-refractivity contribution in [2.24, 2.45) is 0 Å². The zero-order valence-electron chi connectivity index (χ0n) is 15.7. The minimum atomic E-state index is -2.98. The monoisotopic (exact) mass is 409 g/mol. The molecule has 2 aliphatic rings. The average molecular weight is 410 g/mol. The standard InChI is InChI=1S/C19H27N3O3S2/c1-27(23,24)16-10-5-9-15(13-16)26-19-21-20-18(17-11-6-12-25-17)22(19)14-7-3-2-4-8-14/h6,11-12,14-16H,2-5,7-10,13H2,1H3. The molecule has 0 aromatic carbocycles. The number of sulfone groups is 1. The minimum Gasteiger partial charge on any atom is -0.461 e. The van der Waals surface area contributed by atoms with Crippen molar-refractivity contribution in [2.45, 2.75) is 79.5 Å². The van der Waals surface area contributed by atoms with Gasteiger partial charge >= 0.3 is 0 Å². The smallest absolute Gasteiger partial charge is 0.200 e. The largest absolute Gasteiger partial charge is 0.461 e. The summed E-state index contributed by atoms with van der Waals surface area (Å²) in [7, 11) is -2.98. The summed E-state index contributed by atoms with van der Waals surface area (Å²) in [5.74, 6) is 1.54. The van der Waals surface area contributed by atoms with Crippen molar-refractivity contribution in [3.63, 3.8) is 0 Å². The van der Waals surface area contributed by atoms with Crippen LogP contribution in [-0.4, -0.2) is 39.9 Å². The summed E-state index contributed by atoms with van der Waals surface area (Å²) in [6.45, 7) is 0. The van der Waals surface area contributed by atoms with Gasteiger partial charge in [-0.1, -0.05) is 37.4 Å². The molecule has 0 aliphatic heterocycles. The molecule has 0 saturated heterocycles. The molecular weight excluding hydrogens is 382 g/mol. The number of thioether (sulfide) groups is 1. The first-order valence-corrected chi connectivity index (χ1v) is 12.7. The third kappa shape index (κ3) is 4.26. The van der Waals surface area contributed by atoms with Crippen LogP contribution in [0.25, 0.3) is 11.6 Å². The molecule has 2 fully saturated rings. The molecule has 148 valence electrons. The van der Waals surface area contributed by atoms with Crippen LogP contribution in [0.3, 0.4) is 0 Å². The molecule has 2 atom stereocenters. The lowest BCUT2D eigenvalue weighted by molar-refractivity contribution is 0.337. The first-order valence-electron chi connectivity index (χ1n) is 9.86. The zero-order chi connectivity index (χ0) is 18.9. The molecule has 6 nitrogen and oxygen atoms in total. The number of furan rings is 1. The van der Waals surface area contributed by atoms with Gasteiger partial charge in [0.05, 0.1) is 11.5 Å². The molecule has 0 amide bonds. The summed E-state index contributed by atoms with van der Waals surface area (Å²) < 4.78 is 31.9. The van der Waals surface area contributed by atoms with E-state index in [9.17, 15) is 8.42 Å². The van der Waals surface area contributed by atoms with Crippen molar-refractivity contribution in [1.29, 1.82) is 0 Å². The Bertz CT molecular complexity index is 855. The van der Waals surface area contributed by atoms with E-state index < -0.39 is 9.84 Å². The highest BCUT2D eigenvalue weighted by molar-refractivity contribution is 7.99. The van der Waals surface area contributed by atoms with Gasteiger partial charge in [0, 0.05) is 17.5 Å². The molecule has 0 radical (unpaired) electrons. The van der Waals surface area contributed by atoms with Crippen molar-refractivity contribution in [3.8, 4) is 11.6 Å². The Kier molecular flexibility index (Phi) is 5.64. The Morgan fingerprint density at radius 3 is 2.63 bits per heavy atom. The van der Waals surface area contributed by atoms with E-state index in [1.165, 1.54) is 25.5 Å². The first-order chi connectivity index (χ1) is 13.0. The van der Waals surface area contributed by atoms with Gasteiger partial charge in [-0.2, -0.15) is 0 Å². The van der Waals surface area contributed by atoms with Crippen LogP contribution in [0.5, 0.6) is 0 Å². The summed E-state index contributed by atoms with van der Waals surface area (Å²) >= 11 is 1.71. The summed E-state index contributed by atoms with van der Waals surface area (Å²) in [6, 6.07) is 4.20. The second-order valence-electron chi connectivity index (χ2n) is 7.80. The summed E-state index contributed by atoms with van der Waals surface area (Å²) in [5.41, 5.74) is 0. The zero-order valence-corrected chi connectivity index (χ0v) is 17.3. The fourth-order valence-electron chi connectivity index (χ4n) is 4.35. The van der Waals surface area contributed by atoms with Crippen molar-refractivity contribution in [2.75, 3.05) is 6.26 Å². The van der Waals surface area contributed by atoms with Crippen LogP contribution in [0.4, 0.5) is 0 Å². The maximum Gasteiger partial charge on any atom is 0.200 e. The van der Waals surface area contributed by atoms with E-state index in [1.54, 1.807) is 18.0 Å². The van der Waals surface area contributed by atoms with Crippen LogP contribution >= 0.6 is 11.8 Å². The third-order valence-corrected chi connectivity index (χ3v) is 8.69. The van der Waals surface area contributed by atoms with E-state index in [-0.39, 0.29) is 10.5 Å². The molecule has 8 heteroatoms. The van der Waals surface area contributed by atoms with E-state index in [4.69, 9.17) is 4.42 Å². The lowest BCUT2D eigenvalue weighted by atomic mass is 9.95. The summed E-state index contributed by atoms with van der Waals surface area (Å²) in [6.07, 6.45) is 12.5. The molecule has 2 unspecified atom stereocenters. The molecule has 2 aromatic rings. The Labute approximate surface area is 165 Å². The highest BCUT2D eigenvalue weighted by Gasteiger charge is 2.32. The van der Waals surface area contributed by atoms with Crippen LogP contribution in [0.1, 0.15) is 63.8 Å². The molecule has 2 heterocycles. The summed E-state index contributed by atoms with van der Waals surface area (Å²) in [5, 5.41) is 9.90. The fraction of sp³-hybridized carbons (Fsp3) is 0.684. The minimum absolute atomic E-state index is 0.223. The van der Waals surface area contributed by atoms with Crippen LogP contribution in [0, 0.1) is 0 Å². The van der Waals surface area contributed by atoms with Gasteiger partial charge < -0.3 is 4.42 Å². The highest BCUT2D eigenvalue weighted by atomic mass is 32.2. The van der Waals surface area contributed by atoms with Crippen LogP contribution in [0.2, 0.25) is 0 Å². The van der Waals surface area contributed by atoms with Gasteiger partial charge in [-0.15, -0.1) is 10.2 Å². The van der Waals surface area contributed by atoms with E-state index in [1.807, 2.05) is 12.1 Å². The molecule has 2 aromatic heterocycles. The molecule has 0 spiro atoms.